The quantitative estimate of drug-likeness (QED) is 0.703. The van der Waals surface area contributed by atoms with Gasteiger partial charge in [-0.25, -0.2) is 8.42 Å². The Morgan fingerprint density at radius 1 is 1.50 bits per heavy atom. The van der Waals surface area contributed by atoms with Crippen molar-refractivity contribution in [2.24, 2.45) is 0 Å². The smallest absolute Gasteiger partial charge is 0.325 e. The minimum atomic E-state index is -3.42. The normalized spacial score (nSPS) is 21.4. The van der Waals surface area contributed by atoms with E-state index in [1.807, 2.05) is 0 Å². The Kier molecular flexibility index (Phi) is 2.16. The number of rotatable bonds is 3. The summed E-state index contributed by atoms with van der Waals surface area (Å²) in [7, 11) is -3.42. The summed E-state index contributed by atoms with van der Waals surface area (Å²) in [6.45, 7) is 1.48. The molecule has 1 rings (SSSR count). The van der Waals surface area contributed by atoms with E-state index < -0.39 is 20.6 Å². The first-order valence-corrected chi connectivity index (χ1v) is 5.57. The van der Waals surface area contributed by atoms with Crippen LogP contribution in [0.5, 0.6) is 0 Å². The van der Waals surface area contributed by atoms with Gasteiger partial charge in [-0.15, -0.1) is 0 Å². The van der Waals surface area contributed by atoms with Crippen LogP contribution >= 0.6 is 0 Å². The van der Waals surface area contributed by atoms with Crippen LogP contribution in [0.25, 0.3) is 0 Å². The molecule has 0 atom stereocenters. The van der Waals surface area contributed by atoms with Crippen LogP contribution in [0.1, 0.15) is 26.2 Å². The second-order valence-corrected chi connectivity index (χ2v) is 5.64. The fraction of sp³-hybridized carbons (Fsp3) is 0.857. The Morgan fingerprint density at radius 2 is 2.00 bits per heavy atom. The number of carboxylic acid groups (broad SMARTS) is 1. The molecule has 4 nitrogen and oxygen atoms in total. The molecule has 0 radical (unpaired) electrons. The van der Waals surface area contributed by atoms with E-state index in [4.69, 9.17) is 5.11 Å². The topological polar surface area (TPSA) is 71.4 Å². The van der Waals surface area contributed by atoms with Crippen LogP contribution in [0.3, 0.4) is 0 Å². The summed E-state index contributed by atoms with van der Waals surface area (Å²) in [6.07, 6.45) is 1.25. The highest BCUT2D eigenvalue weighted by Gasteiger charge is 2.54. The Hall–Kier alpha value is -0.580. The van der Waals surface area contributed by atoms with Gasteiger partial charge in [-0.05, 0) is 19.3 Å². The van der Waals surface area contributed by atoms with Crippen molar-refractivity contribution < 1.29 is 18.3 Å². The second kappa shape index (κ2) is 2.73. The maximum atomic E-state index is 11.4. The minimum absolute atomic E-state index is 0.0840. The van der Waals surface area contributed by atoms with Gasteiger partial charge in [-0.2, -0.15) is 0 Å². The average molecular weight is 192 g/mol. The lowest BCUT2D eigenvalue weighted by atomic mass is 9.84. The van der Waals surface area contributed by atoms with Gasteiger partial charge < -0.3 is 5.11 Å². The Morgan fingerprint density at radius 3 is 2.08 bits per heavy atom. The summed E-state index contributed by atoms with van der Waals surface area (Å²) < 4.78 is 21.3. The zero-order valence-electron chi connectivity index (χ0n) is 6.91. The van der Waals surface area contributed by atoms with Gasteiger partial charge in [0.2, 0.25) is 0 Å². The van der Waals surface area contributed by atoms with Gasteiger partial charge in [-0.1, -0.05) is 6.92 Å². The lowest BCUT2D eigenvalue weighted by Gasteiger charge is -2.36. The molecular formula is C7H12O4S. The number of carbonyl (C=O) groups is 1. The summed E-state index contributed by atoms with van der Waals surface area (Å²) >= 11 is 0. The van der Waals surface area contributed by atoms with E-state index in [0.717, 1.165) is 0 Å². The lowest BCUT2D eigenvalue weighted by molar-refractivity contribution is -0.142. The van der Waals surface area contributed by atoms with E-state index in [1.165, 1.54) is 6.92 Å². The number of sulfone groups is 1. The maximum Gasteiger partial charge on any atom is 0.325 e. The molecule has 0 aliphatic heterocycles. The van der Waals surface area contributed by atoms with Crippen molar-refractivity contribution in [2.75, 3.05) is 5.75 Å². The fourth-order valence-corrected chi connectivity index (χ4v) is 3.16. The third kappa shape index (κ3) is 1.03. The van der Waals surface area contributed by atoms with Gasteiger partial charge in [0.05, 0.1) is 0 Å². The number of hydrogen-bond donors (Lipinski definition) is 1. The number of aliphatic carboxylic acids is 1. The van der Waals surface area contributed by atoms with Crippen molar-refractivity contribution in [3.63, 3.8) is 0 Å². The van der Waals surface area contributed by atoms with Crippen molar-refractivity contribution in [1.29, 1.82) is 0 Å². The molecule has 1 aliphatic carbocycles. The van der Waals surface area contributed by atoms with E-state index in [9.17, 15) is 13.2 Å². The molecule has 1 fully saturated rings. The standard InChI is InChI=1S/C7H12O4S/c1-2-12(10,11)7(6(8)9)4-3-5-7/h2-5H2,1H3,(H,8,9). The van der Waals surface area contributed by atoms with Gasteiger partial charge >= 0.3 is 5.97 Å². The van der Waals surface area contributed by atoms with Crippen molar-refractivity contribution in [2.45, 2.75) is 30.9 Å². The van der Waals surface area contributed by atoms with E-state index in [0.29, 0.717) is 6.42 Å². The molecule has 0 amide bonds. The second-order valence-electron chi connectivity index (χ2n) is 3.06. The Bertz CT molecular complexity index is 287. The average Bonchev–Trinajstić information content (AvgIpc) is 1.83. The van der Waals surface area contributed by atoms with Crippen LogP contribution in [-0.2, 0) is 14.6 Å². The monoisotopic (exact) mass is 192 g/mol. The molecule has 0 bridgehead atoms. The predicted molar refractivity (Wildman–Crippen MR) is 43.7 cm³/mol. The van der Waals surface area contributed by atoms with Crippen molar-refractivity contribution in [1.82, 2.24) is 0 Å². The van der Waals surface area contributed by atoms with Crippen molar-refractivity contribution in [3.05, 3.63) is 0 Å². The van der Waals surface area contributed by atoms with Gasteiger partial charge in [0.25, 0.3) is 0 Å². The van der Waals surface area contributed by atoms with E-state index in [1.54, 1.807) is 0 Å². The predicted octanol–water partition coefficient (Wildman–Crippen LogP) is 0.428. The summed E-state index contributed by atoms with van der Waals surface area (Å²) in [5.41, 5.74) is 0. The van der Waals surface area contributed by atoms with Crippen LogP contribution in [0.4, 0.5) is 0 Å². The molecule has 0 spiro atoms. The molecule has 1 saturated carbocycles. The van der Waals surface area contributed by atoms with Crippen LogP contribution in [0, 0.1) is 0 Å². The fourth-order valence-electron chi connectivity index (χ4n) is 1.43. The van der Waals surface area contributed by atoms with Crippen LogP contribution in [0.15, 0.2) is 0 Å². The highest BCUT2D eigenvalue weighted by molar-refractivity contribution is 7.93. The summed E-state index contributed by atoms with van der Waals surface area (Å²) in [5, 5.41) is 8.77. The number of hydrogen-bond acceptors (Lipinski definition) is 3. The molecule has 70 valence electrons. The zero-order chi connectivity index (χ0) is 9.41. The largest absolute Gasteiger partial charge is 0.480 e. The molecule has 0 aromatic heterocycles. The Balaban J connectivity index is 3.04. The molecule has 1 N–H and O–H groups in total. The highest BCUT2D eigenvalue weighted by atomic mass is 32.2. The lowest BCUT2D eigenvalue weighted by Crippen LogP contribution is -2.52. The van der Waals surface area contributed by atoms with E-state index in [2.05, 4.69) is 0 Å². The maximum absolute atomic E-state index is 11.4. The Labute approximate surface area is 71.5 Å². The minimum Gasteiger partial charge on any atom is -0.480 e. The molecule has 1 aliphatic rings. The molecule has 0 aromatic rings. The van der Waals surface area contributed by atoms with Crippen LogP contribution in [-0.4, -0.2) is 30.0 Å². The molecule has 0 aromatic carbocycles. The first-order valence-electron chi connectivity index (χ1n) is 3.92. The van der Waals surface area contributed by atoms with E-state index >= 15 is 0 Å². The van der Waals surface area contributed by atoms with Crippen LogP contribution in [0.2, 0.25) is 0 Å². The van der Waals surface area contributed by atoms with Crippen molar-refractivity contribution in [3.8, 4) is 0 Å². The van der Waals surface area contributed by atoms with Crippen molar-refractivity contribution >= 4 is 15.8 Å². The summed E-state index contributed by atoms with van der Waals surface area (Å²) in [5.74, 6) is -1.27. The first kappa shape index (κ1) is 9.51. The molecule has 12 heavy (non-hydrogen) atoms. The molecule has 0 unspecified atom stereocenters. The number of carboxylic acids is 1. The molecule has 0 saturated heterocycles. The van der Waals surface area contributed by atoms with Gasteiger partial charge in [0, 0.05) is 5.75 Å². The van der Waals surface area contributed by atoms with Gasteiger partial charge in [-0.3, -0.25) is 4.79 Å². The summed E-state index contributed by atoms with van der Waals surface area (Å²) in [4.78, 5) is 10.7. The zero-order valence-corrected chi connectivity index (χ0v) is 7.73. The first-order chi connectivity index (χ1) is 5.46. The van der Waals surface area contributed by atoms with E-state index in [-0.39, 0.29) is 18.6 Å². The highest BCUT2D eigenvalue weighted by Crippen LogP contribution is 2.39. The molecule has 5 heteroatoms. The summed E-state index contributed by atoms with van der Waals surface area (Å²) in [6, 6.07) is 0. The third-order valence-electron chi connectivity index (χ3n) is 2.53. The SMILES string of the molecule is CCS(=O)(=O)C1(C(=O)O)CCC1. The van der Waals surface area contributed by atoms with Gasteiger partial charge in [0.1, 0.15) is 0 Å². The third-order valence-corrected chi connectivity index (χ3v) is 5.06. The molecular weight excluding hydrogens is 180 g/mol. The molecule has 0 heterocycles. The van der Waals surface area contributed by atoms with Gasteiger partial charge in [0.15, 0.2) is 14.6 Å². The van der Waals surface area contributed by atoms with Crippen LogP contribution < -0.4 is 0 Å².